The summed E-state index contributed by atoms with van der Waals surface area (Å²) in [6.45, 7) is 5.23. The van der Waals surface area contributed by atoms with Crippen LogP contribution < -0.4 is 19.1 Å². The van der Waals surface area contributed by atoms with Gasteiger partial charge in [0.15, 0.2) is 11.5 Å². The standard InChI is InChI=1S/C30H37N3O6S/c1-7-26(30(35)31-4)32(19-23-12-8-21(2)9-13-23)29(34)20-33(24-14-17-27(38-5)28(18-24)39-6)40(36,37)25-15-10-22(3)11-16-25/h8-18,26H,7,19-20H2,1-6H3,(H,31,35)/t26-/m1/s1. The van der Waals surface area contributed by atoms with E-state index in [2.05, 4.69) is 5.32 Å². The Balaban J connectivity index is 2.11. The molecule has 0 aliphatic carbocycles. The number of carbonyl (C=O) groups excluding carboxylic acids is 2. The van der Waals surface area contributed by atoms with Gasteiger partial charge in [0, 0.05) is 19.7 Å². The van der Waals surface area contributed by atoms with Crippen molar-refractivity contribution in [2.24, 2.45) is 0 Å². The summed E-state index contributed by atoms with van der Waals surface area (Å²) in [6, 6.07) is 17.9. The van der Waals surface area contributed by atoms with Crippen LogP contribution in [0.15, 0.2) is 71.6 Å². The van der Waals surface area contributed by atoms with Gasteiger partial charge >= 0.3 is 0 Å². The van der Waals surface area contributed by atoms with Gasteiger partial charge in [-0.1, -0.05) is 54.4 Å². The number of amides is 2. The van der Waals surface area contributed by atoms with Gasteiger partial charge in [-0.25, -0.2) is 8.42 Å². The number of sulfonamides is 1. The molecule has 0 fully saturated rings. The molecule has 3 aromatic rings. The van der Waals surface area contributed by atoms with Gasteiger partial charge in [-0.15, -0.1) is 0 Å². The molecule has 2 amide bonds. The van der Waals surface area contributed by atoms with Crippen molar-refractivity contribution in [1.82, 2.24) is 10.2 Å². The van der Waals surface area contributed by atoms with Crippen LogP contribution in [0.25, 0.3) is 0 Å². The number of rotatable bonds is 12. The SMILES string of the molecule is CC[C@H](C(=O)NC)N(Cc1ccc(C)cc1)C(=O)CN(c1ccc(OC)c(OC)c1)S(=O)(=O)c1ccc(C)cc1. The van der Waals surface area contributed by atoms with E-state index in [-0.39, 0.29) is 23.0 Å². The Hall–Kier alpha value is -4.05. The van der Waals surface area contributed by atoms with Crippen LogP contribution in [0.3, 0.4) is 0 Å². The van der Waals surface area contributed by atoms with Crippen LogP contribution in [0.5, 0.6) is 11.5 Å². The molecule has 214 valence electrons. The maximum absolute atomic E-state index is 14.0. The van der Waals surface area contributed by atoms with E-state index in [4.69, 9.17) is 9.47 Å². The molecule has 9 nitrogen and oxygen atoms in total. The molecule has 0 aliphatic heterocycles. The van der Waals surface area contributed by atoms with Gasteiger partial charge in [0.05, 0.1) is 24.8 Å². The lowest BCUT2D eigenvalue weighted by atomic mass is 10.1. The second-order valence-corrected chi connectivity index (χ2v) is 11.3. The number of methoxy groups -OCH3 is 2. The molecule has 0 heterocycles. The summed E-state index contributed by atoms with van der Waals surface area (Å²) in [5.41, 5.74) is 2.99. The van der Waals surface area contributed by atoms with Gasteiger partial charge in [-0.05, 0) is 50.1 Å². The first-order valence-corrected chi connectivity index (χ1v) is 14.4. The molecule has 40 heavy (non-hydrogen) atoms. The lowest BCUT2D eigenvalue weighted by Gasteiger charge is -2.33. The van der Waals surface area contributed by atoms with Gasteiger partial charge in [0.25, 0.3) is 10.0 Å². The van der Waals surface area contributed by atoms with E-state index < -0.39 is 28.5 Å². The van der Waals surface area contributed by atoms with Crippen molar-refractivity contribution in [2.75, 3.05) is 32.1 Å². The first-order valence-electron chi connectivity index (χ1n) is 12.9. The van der Waals surface area contributed by atoms with Crippen LogP contribution in [0.4, 0.5) is 5.69 Å². The molecule has 1 atom stereocenters. The van der Waals surface area contributed by atoms with E-state index in [9.17, 15) is 18.0 Å². The van der Waals surface area contributed by atoms with Crippen molar-refractivity contribution in [2.45, 2.75) is 44.7 Å². The highest BCUT2D eigenvalue weighted by molar-refractivity contribution is 7.92. The average Bonchev–Trinajstić information content (AvgIpc) is 2.96. The Morgan fingerprint density at radius 2 is 1.45 bits per heavy atom. The molecule has 0 saturated carbocycles. The van der Waals surface area contributed by atoms with Crippen LogP contribution in [0.2, 0.25) is 0 Å². The number of nitrogens with zero attached hydrogens (tertiary/aromatic N) is 2. The molecular weight excluding hydrogens is 530 g/mol. The minimum atomic E-state index is -4.19. The third-order valence-corrected chi connectivity index (χ3v) is 8.44. The normalized spacial score (nSPS) is 11.8. The summed E-state index contributed by atoms with van der Waals surface area (Å²) < 4.78 is 39.7. The summed E-state index contributed by atoms with van der Waals surface area (Å²) in [4.78, 5) is 28.3. The Morgan fingerprint density at radius 1 is 0.875 bits per heavy atom. The molecule has 0 aromatic heterocycles. The number of carbonyl (C=O) groups is 2. The molecular formula is C30H37N3O6S. The third-order valence-electron chi connectivity index (χ3n) is 6.65. The Labute approximate surface area is 236 Å². The number of nitrogens with one attached hydrogen (secondary N) is 1. The van der Waals surface area contributed by atoms with Crippen LogP contribution in [0, 0.1) is 13.8 Å². The lowest BCUT2D eigenvalue weighted by Crippen LogP contribution is -2.51. The van der Waals surface area contributed by atoms with E-state index in [1.807, 2.05) is 45.0 Å². The van der Waals surface area contributed by atoms with Crippen LogP contribution in [-0.2, 0) is 26.2 Å². The highest BCUT2D eigenvalue weighted by Gasteiger charge is 2.33. The minimum Gasteiger partial charge on any atom is -0.493 e. The Morgan fingerprint density at radius 3 is 1.98 bits per heavy atom. The fraction of sp³-hybridized carbons (Fsp3) is 0.333. The van der Waals surface area contributed by atoms with Gasteiger partial charge in [0.1, 0.15) is 12.6 Å². The van der Waals surface area contributed by atoms with Gasteiger partial charge in [-0.2, -0.15) is 0 Å². The monoisotopic (exact) mass is 567 g/mol. The van der Waals surface area contributed by atoms with E-state index in [0.29, 0.717) is 17.9 Å². The van der Waals surface area contributed by atoms with Gasteiger partial charge < -0.3 is 19.7 Å². The number of benzene rings is 3. The van der Waals surface area contributed by atoms with E-state index in [1.54, 1.807) is 24.3 Å². The van der Waals surface area contributed by atoms with Crippen LogP contribution >= 0.6 is 0 Å². The van der Waals surface area contributed by atoms with Crippen molar-refractivity contribution in [3.8, 4) is 11.5 Å². The second kappa shape index (κ2) is 13.3. The van der Waals surface area contributed by atoms with Crippen molar-refractivity contribution in [3.05, 3.63) is 83.4 Å². The minimum absolute atomic E-state index is 0.0316. The zero-order valence-electron chi connectivity index (χ0n) is 23.8. The molecule has 0 saturated heterocycles. The van der Waals surface area contributed by atoms with E-state index in [0.717, 1.165) is 21.0 Å². The summed E-state index contributed by atoms with van der Waals surface area (Å²) in [5.74, 6) is -0.134. The fourth-order valence-electron chi connectivity index (χ4n) is 4.32. The van der Waals surface area contributed by atoms with Gasteiger partial charge in [0.2, 0.25) is 11.8 Å². The van der Waals surface area contributed by atoms with Crippen LogP contribution in [0.1, 0.15) is 30.0 Å². The molecule has 0 bridgehead atoms. The molecule has 3 rings (SSSR count). The molecule has 0 radical (unpaired) electrons. The van der Waals surface area contributed by atoms with Gasteiger partial charge in [-0.3, -0.25) is 13.9 Å². The summed E-state index contributed by atoms with van der Waals surface area (Å²) in [5, 5.41) is 2.63. The van der Waals surface area contributed by atoms with Crippen LogP contribution in [-0.4, -0.2) is 59.0 Å². The van der Waals surface area contributed by atoms with Crippen molar-refractivity contribution in [1.29, 1.82) is 0 Å². The highest BCUT2D eigenvalue weighted by Crippen LogP contribution is 2.34. The van der Waals surface area contributed by atoms with E-state index in [1.165, 1.54) is 44.4 Å². The molecule has 10 heteroatoms. The number of hydrogen-bond acceptors (Lipinski definition) is 6. The van der Waals surface area contributed by atoms with Crippen molar-refractivity contribution < 1.29 is 27.5 Å². The quantitative estimate of drug-likeness (QED) is 0.354. The number of aryl methyl sites for hydroxylation is 2. The number of hydrogen-bond donors (Lipinski definition) is 1. The topological polar surface area (TPSA) is 105 Å². The third kappa shape index (κ3) is 6.93. The average molecular weight is 568 g/mol. The first kappa shape index (κ1) is 30.5. The Bertz CT molecular complexity index is 1420. The highest BCUT2D eigenvalue weighted by atomic mass is 32.2. The molecule has 1 N–H and O–H groups in total. The number of likely N-dealkylation sites (N-methyl/N-ethyl adjacent to an activating group) is 1. The fourth-order valence-corrected chi connectivity index (χ4v) is 5.73. The first-order chi connectivity index (χ1) is 19.0. The summed E-state index contributed by atoms with van der Waals surface area (Å²) >= 11 is 0. The molecule has 0 aliphatic rings. The molecule has 3 aromatic carbocycles. The maximum Gasteiger partial charge on any atom is 0.264 e. The molecule has 0 unspecified atom stereocenters. The summed E-state index contributed by atoms with van der Waals surface area (Å²) in [6.07, 6.45) is 0.346. The zero-order chi connectivity index (χ0) is 29.4. The maximum atomic E-state index is 14.0. The summed E-state index contributed by atoms with van der Waals surface area (Å²) in [7, 11) is 0.249. The largest absolute Gasteiger partial charge is 0.493 e. The Kier molecular flexibility index (Phi) is 10.2. The zero-order valence-corrected chi connectivity index (χ0v) is 24.6. The lowest BCUT2D eigenvalue weighted by molar-refractivity contribution is -0.140. The number of ether oxygens (including phenoxy) is 2. The van der Waals surface area contributed by atoms with E-state index >= 15 is 0 Å². The predicted octanol–water partition coefficient (Wildman–Crippen LogP) is 4.07. The van der Waals surface area contributed by atoms with Crippen molar-refractivity contribution in [3.63, 3.8) is 0 Å². The number of anilines is 1. The second-order valence-electron chi connectivity index (χ2n) is 9.41. The predicted molar refractivity (Wildman–Crippen MR) is 155 cm³/mol. The smallest absolute Gasteiger partial charge is 0.264 e. The van der Waals surface area contributed by atoms with Crippen molar-refractivity contribution >= 4 is 27.5 Å². The molecule has 0 spiro atoms.